The number of aromatic nitrogens is 4. The smallest absolute Gasteiger partial charge is 0.409 e. The standard InChI is InChI=1S/C26H28ClN5O4/c1-16(13-31-14-20(27)12-28-31)32-22-8-7-18-9-10-30(26(35)36-2)15-21(18)24(22)29-25(32)19-5-3-17(4-6-19)11-23(33)34/h3-8,12,14,16,23,33-34H,9-11,13,15H2,1-2H3/t16-/m0/s1. The van der Waals surface area contributed by atoms with Crippen LogP contribution in [0.5, 0.6) is 0 Å². The Labute approximate surface area is 213 Å². The van der Waals surface area contributed by atoms with Gasteiger partial charge in [-0.3, -0.25) is 4.68 Å². The van der Waals surface area contributed by atoms with Crippen LogP contribution in [0.2, 0.25) is 5.02 Å². The number of hydrogen-bond donors (Lipinski definition) is 2. The van der Waals surface area contributed by atoms with Crippen molar-refractivity contribution < 1.29 is 19.7 Å². The van der Waals surface area contributed by atoms with Crippen molar-refractivity contribution in [3.05, 3.63) is 70.5 Å². The van der Waals surface area contributed by atoms with Crippen molar-refractivity contribution in [2.45, 2.75) is 45.2 Å². The van der Waals surface area contributed by atoms with Crippen molar-refractivity contribution in [3.63, 3.8) is 0 Å². The summed E-state index contributed by atoms with van der Waals surface area (Å²) in [4.78, 5) is 19.1. The monoisotopic (exact) mass is 509 g/mol. The first kappa shape index (κ1) is 24.3. The summed E-state index contributed by atoms with van der Waals surface area (Å²) in [6, 6.07) is 11.9. The maximum absolute atomic E-state index is 12.3. The van der Waals surface area contributed by atoms with E-state index in [1.54, 1.807) is 17.3 Å². The molecule has 10 heteroatoms. The lowest BCUT2D eigenvalue weighted by molar-refractivity contribution is -0.0381. The number of carbonyl (C=O) groups is 1. The molecule has 2 aromatic carbocycles. The number of fused-ring (bicyclic) bond motifs is 3. The highest BCUT2D eigenvalue weighted by Gasteiger charge is 2.27. The highest BCUT2D eigenvalue weighted by atomic mass is 35.5. The molecule has 4 aromatic rings. The summed E-state index contributed by atoms with van der Waals surface area (Å²) in [5.41, 5.74) is 5.76. The number of hydrogen-bond acceptors (Lipinski definition) is 6. The molecule has 3 heterocycles. The molecule has 0 aliphatic carbocycles. The van der Waals surface area contributed by atoms with E-state index in [0.29, 0.717) is 24.7 Å². The molecule has 0 saturated carbocycles. The molecule has 0 unspecified atom stereocenters. The molecule has 188 valence electrons. The maximum atomic E-state index is 12.3. The van der Waals surface area contributed by atoms with Crippen LogP contribution in [0, 0.1) is 0 Å². The minimum atomic E-state index is -1.40. The minimum Gasteiger partial charge on any atom is -0.453 e. The van der Waals surface area contributed by atoms with Crippen LogP contribution < -0.4 is 0 Å². The van der Waals surface area contributed by atoms with Crippen molar-refractivity contribution in [3.8, 4) is 11.4 Å². The number of aliphatic hydroxyl groups excluding tert-OH is 1. The number of halogens is 1. The largest absolute Gasteiger partial charge is 0.453 e. The summed E-state index contributed by atoms with van der Waals surface area (Å²) in [5.74, 6) is 0.787. The summed E-state index contributed by atoms with van der Waals surface area (Å²) in [5, 5.41) is 23.6. The first-order chi connectivity index (χ1) is 17.3. The molecule has 0 saturated heterocycles. The Kier molecular flexibility index (Phi) is 6.70. The van der Waals surface area contributed by atoms with Crippen LogP contribution in [-0.4, -0.2) is 60.5 Å². The molecule has 0 spiro atoms. The lowest BCUT2D eigenvalue weighted by Gasteiger charge is -2.28. The third kappa shape index (κ3) is 4.69. The van der Waals surface area contributed by atoms with Crippen LogP contribution in [0.4, 0.5) is 4.79 Å². The number of nitrogens with zero attached hydrogens (tertiary/aromatic N) is 5. The van der Waals surface area contributed by atoms with Crippen LogP contribution >= 0.6 is 11.6 Å². The molecular weight excluding hydrogens is 482 g/mol. The highest BCUT2D eigenvalue weighted by molar-refractivity contribution is 6.30. The summed E-state index contributed by atoms with van der Waals surface area (Å²) in [7, 11) is 1.40. The fourth-order valence-corrected chi connectivity index (χ4v) is 5.08. The average Bonchev–Trinajstić information content (AvgIpc) is 3.46. The van der Waals surface area contributed by atoms with Gasteiger partial charge in [0.1, 0.15) is 5.82 Å². The predicted molar refractivity (Wildman–Crippen MR) is 136 cm³/mol. The van der Waals surface area contributed by atoms with Crippen LogP contribution in [0.25, 0.3) is 22.4 Å². The van der Waals surface area contributed by atoms with Crippen molar-refractivity contribution in [1.29, 1.82) is 0 Å². The number of aliphatic hydroxyl groups is 2. The van der Waals surface area contributed by atoms with Gasteiger partial charge in [-0.05, 0) is 30.5 Å². The second kappa shape index (κ2) is 9.93. The normalized spacial score (nSPS) is 14.3. The molecule has 1 atom stereocenters. The average molecular weight is 510 g/mol. The van der Waals surface area contributed by atoms with Crippen LogP contribution in [0.3, 0.4) is 0 Å². The quantitative estimate of drug-likeness (QED) is 0.383. The van der Waals surface area contributed by atoms with Gasteiger partial charge in [-0.25, -0.2) is 9.78 Å². The highest BCUT2D eigenvalue weighted by Crippen LogP contribution is 2.34. The topological polar surface area (TPSA) is 106 Å². The van der Waals surface area contributed by atoms with Gasteiger partial charge in [-0.15, -0.1) is 0 Å². The van der Waals surface area contributed by atoms with E-state index in [2.05, 4.69) is 28.7 Å². The van der Waals surface area contributed by atoms with E-state index in [1.165, 1.54) is 12.7 Å². The fourth-order valence-electron chi connectivity index (χ4n) is 4.92. The van der Waals surface area contributed by atoms with E-state index < -0.39 is 6.29 Å². The maximum Gasteiger partial charge on any atom is 0.409 e. The fraction of sp³-hybridized carbons (Fsp3) is 0.346. The van der Waals surface area contributed by atoms with E-state index in [9.17, 15) is 15.0 Å². The number of ether oxygens (including phenoxy) is 1. The molecule has 2 N–H and O–H groups in total. The molecule has 1 amide bonds. The summed E-state index contributed by atoms with van der Waals surface area (Å²) in [6.45, 7) is 3.74. The van der Waals surface area contributed by atoms with Gasteiger partial charge in [0.05, 0.1) is 48.5 Å². The SMILES string of the molecule is COC(=O)N1CCc2ccc3c(nc(-c4ccc(CC(O)O)cc4)n3[C@@H](C)Cn3cc(Cl)cn3)c2C1. The van der Waals surface area contributed by atoms with Gasteiger partial charge < -0.3 is 24.4 Å². The Morgan fingerprint density at radius 1 is 1.19 bits per heavy atom. The van der Waals surface area contributed by atoms with E-state index in [1.807, 2.05) is 28.9 Å². The summed E-state index contributed by atoms with van der Waals surface area (Å²) >= 11 is 6.09. The first-order valence-electron chi connectivity index (χ1n) is 11.8. The molecule has 9 nitrogen and oxygen atoms in total. The lowest BCUT2D eigenvalue weighted by atomic mass is 9.98. The van der Waals surface area contributed by atoms with Gasteiger partial charge in [0.2, 0.25) is 0 Å². The molecule has 0 radical (unpaired) electrons. The van der Waals surface area contributed by atoms with Crippen molar-refractivity contribution in [1.82, 2.24) is 24.2 Å². The van der Waals surface area contributed by atoms with Crippen LogP contribution in [0.15, 0.2) is 48.8 Å². The van der Waals surface area contributed by atoms with Gasteiger partial charge >= 0.3 is 6.09 Å². The van der Waals surface area contributed by atoms with Gasteiger partial charge in [-0.2, -0.15) is 5.10 Å². The molecule has 1 aliphatic heterocycles. The van der Waals surface area contributed by atoms with Gasteiger partial charge in [-0.1, -0.05) is 41.9 Å². The van der Waals surface area contributed by atoms with Crippen LogP contribution in [0.1, 0.15) is 29.7 Å². The second-order valence-electron chi connectivity index (χ2n) is 9.13. The second-order valence-corrected chi connectivity index (χ2v) is 9.57. The number of methoxy groups -OCH3 is 1. The lowest BCUT2D eigenvalue weighted by Crippen LogP contribution is -2.35. The Hall–Kier alpha value is -3.40. The van der Waals surface area contributed by atoms with Gasteiger partial charge in [0.25, 0.3) is 0 Å². The molecular formula is C26H28ClN5O4. The number of carbonyl (C=O) groups excluding carboxylic acids is 1. The Morgan fingerprint density at radius 2 is 1.97 bits per heavy atom. The summed E-state index contributed by atoms with van der Waals surface area (Å²) < 4.78 is 8.97. The first-order valence-corrected chi connectivity index (χ1v) is 12.2. The number of imidazole rings is 1. The predicted octanol–water partition coefficient (Wildman–Crippen LogP) is 3.79. The van der Waals surface area contributed by atoms with Gasteiger partial charge in [0.15, 0.2) is 6.29 Å². The van der Waals surface area contributed by atoms with E-state index in [0.717, 1.165) is 40.0 Å². The summed E-state index contributed by atoms with van der Waals surface area (Å²) in [6.07, 6.45) is 2.56. The Bertz CT molecular complexity index is 1400. The van der Waals surface area contributed by atoms with E-state index in [-0.39, 0.29) is 18.6 Å². The van der Waals surface area contributed by atoms with E-state index >= 15 is 0 Å². The minimum absolute atomic E-state index is 0.0155. The molecule has 1 aliphatic rings. The third-order valence-electron chi connectivity index (χ3n) is 6.62. The number of rotatable bonds is 6. The molecule has 0 fully saturated rings. The zero-order valence-corrected chi connectivity index (χ0v) is 20.9. The van der Waals surface area contributed by atoms with Crippen molar-refractivity contribution >= 4 is 28.7 Å². The molecule has 0 bridgehead atoms. The zero-order valence-electron chi connectivity index (χ0n) is 20.1. The molecule has 36 heavy (non-hydrogen) atoms. The molecule has 5 rings (SSSR count). The zero-order chi connectivity index (χ0) is 25.4. The third-order valence-corrected chi connectivity index (χ3v) is 6.82. The van der Waals surface area contributed by atoms with Gasteiger partial charge in [0, 0.05) is 30.3 Å². The van der Waals surface area contributed by atoms with Crippen molar-refractivity contribution in [2.75, 3.05) is 13.7 Å². The Balaban J connectivity index is 1.62. The number of amides is 1. The van der Waals surface area contributed by atoms with Crippen molar-refractivity contribution in [2.24, 2.45) is 0 Å². The van der Waals surface area contributed by atoms with Crippen LogP contribution in [-0.2, 0) is 30.7 Å². The van der Waals surface area contributed by atoms with E-state index in [4.69, 9.17) is 21.3 Å². The number of benzene rings is 2. The Morgan fingerprint density at radius 3 is 2.64 bits per heavy atom. The molecule has 2 aromatic heterocycles.